The molecule has 2 heteroatoms. The van der Waals surface area contributed by atoms with E-state index < -0.39 is 0 Å². The third-order valence-corrected chi connectivity index (χ3v) is 3.62. The molecule has 0 saturated heterocycles. The maximum Gasteiger partial charge on any atom is 0.127 e. The molecule has 0 aromatic heterocycles. The summed E-state index contributed by atoms with van der Waals surface area (Å²) in [6, 6.07) is 4.40. The van der Waals surface area contributed by atoms with Gasteiger partial charge in [-0.25, -0.2) is 0 Å². The van der Waals surface area contributed by atoms with Gasteiger partial charge in [-0.05, 0) is 30.4 Å². The van der Waals surface area contributed by atoms with Crippen molar-refractivity contribution in [3.8, 4) is 5.75 Å². The summed E-state index contributed by atoms with van der Waals surface area (Å²) in [6.07, 6.45) is 2.31. The third-order valence-electron chi connectivity index (χ3n) is 3.62. The van der Waals surface area contributed by atoms with Crippen LogP contribution in [0.4, 0.5) is 0 Å². The Kier molecular flexibility index (Phi) is 3.43. The van der Waals surface area contributed by atoms with Gasteiger partial charge in [0.2, 0.25) is 0 Å². The highest BCUT2D eigenvalue weighted by Crippen LogP contribution is 2.43. The SMILES string of the molecule is CCCC1Oc2c(C)ccc(C(C)C)c2C1N. The summed E-state index contributed by atoms with van der Waals surface area (Å²) >= 11 is 0. The van der Waals surface area contributed by atoms with Gasteiger partial charge in [0.05, 0.1) is 6.04 Å². The van der Waals surface area contributed by atoms with Crippen molar-refractivity contribution in [1.29, 1.82) is 0 Å². The van der Waals surface area contributed by atoms with E-state index in [1.807, 2.05) is 0 Å². The molecule has 17 heavy (non-hydrogen) atoms. The van der Waals surface area contributed by atoms with Gasteiger partial charge >= 0.3 is 0 Å². The minimum absolute atomic E-state index is 0.0437. The first-order valence-corrected chi connectivity index (χ1v) is 6.61. The molecular formula is C15H23NO. The molecular weight excluding hydrogens is 210 g/mol. The lowest BCUT2D eigenvalue weighted by atomic mass is 9.90. The molecule has 0 spiro atoms. The minimum atomic E-state index is 0.0437. The molecule has 0 saturated carbocycles. The molecule has 1 aromatic rings. The first kappa shape index (κ1) is 12.4. The Morgan fingerprint density at radius 1 is 1.35 bits per heavy atom. The lowest BCUT2D eigenvalue weighted by molar-refractivity contribution is 0.194. The number of fused-ring (bicyclic) bond motifs is 1. The summed E-state index contributed by atoms with van der Waals surface area (Å²) in [5, 5.41) is 0. The molecule has 0 aliphatic carbocycles. The topological polar surface area (TPSA) is 35.2 Å². The van der Waals surface area contributed by atoms with Gasteiger partial charge in [0.1, 0.15) is 11.9 Å². The maximum absolute atomic E-state index is 6.36. The zero-order valence-electron chi connectivity index (χ0n) is 11.3. The summed E-state index contributed by atoms with van der Waals surface area (Å²) in [5.41, 5.74) is 10.2. The number of ether oxygens (including phenoxy) is 1. The van der Waals surface area contributed by atoms with E-state index in [-0.39, 0.29) is 12.1 Å². The van der Waals surface area contributed by atoms with Crippen molar-refractivity contribution in [2.75, 3.05) is 0 Å². The largest absolute Gasteiger partial charge is 0.488 e. The molecule has 94 valence electrons. The molecule has 1 heterocycles. The molecule has 2 rings (SSSR count). The normalized spacial score (nSPS) is 22.7. The second-order valence-corrected chi connectivity index (χ2v) is 5.34. The maximum atomic E-state index is 6.36. The highest BCUT2D eigenvalue weighted by atomic mass is 16.5. The molecule has 0 radical (unpaired) electrons. The summed E-state index contributed by atoms with van der Waals surface area (Å²) in [7, 11) is 0. The van der Waals surface area contributed by atoms with Crippen molar-refractivity contribution >= 4 is 0 Å². The average Bonchev–Trinajstić information content (AvgIpc) is 2.59. The van der Waals surface area contributed by atoms with Crippen LogP contribution in [0.25, 0.3) is 0 Å². The van der Waals surface area contributed by atoms with E-state index in [0.717, 1.165) is 18.6 Å². The van der Waals surface area contributed by atoms with Crippen LogP contribution in [0.3, 0.4) is 0 Å². The highest BCUT2D eigenvalue weighted by Gasteiger charge is 2.34. The van der Waals surface area contributed by atoms with E-state index in [1.165, 1.54) is 16.7 Å². The second-order valence-electron chi connectivity index (χ2n) is 5.34. The van der Waals surface area contributed by atoms with Crippen molar-refractivity contribution in [1.82, 2.24) is 0 Å². The van der Waals surface area contributed by atoms with Crippen LogP contribution >= 0.6 is 0 Å². The van der Waals surface area contributed by atoms with Crippen molar-refractivity contribution in [2.45, 2.75) is 58.6 Å². The van der Waals surface area contributed by atoms with E-state index in [2.05, 4.69) is 39.8 Å². The Morgan fingerprint density at radius 3 is 2.65 bits per heavy atom. The average molecular weight is 233 g/mol. The van der Waals surface area contributed by atoms with Crippen LogP contribution in [-0.4, -0.2) is 6.10 Å². The highest BCUT2D eigenvalue weighted by molar-refractivity contribution is 5.52. The Labute approximate surface area is 104 Å². The van der Waals surface area contributed by atoms with Crippen molar-refractivity contribution in [2.24, 2.45) is 5.73 Å². The number of aryl methyl sites for hydroxylation is 1. The van der Waals surface area contributed by atoms with Gasteiger partial charge in [-0.15, -0.1) is 0 Å². The monoisotopic (exact) mass is 233 g/mol. The molecule has 1 aromatic carbocycles. The molecule has 2 unspecified atom stereocenters. The number of nitrogens with two attached hydrogens (primary N) is 1. The van der Waals surface area contributed by atoms with Gasteiger partial charge in [0.25, 0.3) is 0 Å². The number of rotatable bonds is 3. The standard InChI is InChI=1S/C15H23NO/c1-5-6-12-14(16)13-11(9(2)3)8-7-10(4)15(13)17-12/h7-9,12,14H,5-6,16H2,1-4H3. The minimum Gasteiger partial charge on any atom is -0.488 e. The van der Waals surface area contributed by atoms with Crippen molar-refractivity contribution < 1.29 is 4.74 Å². The molecule has 0 fully saturated rings. The Morgan fingerprint density at radius 2 is 2.06 bits per heavy atom. The smallest absolute Gasteiger partial charge is 0.127 e. The summed E-state index contributed by atoms with van der Waals surface area (Å²) < 4.78 is 6.06. The molecule has 1 aliphatic rings. The molecule has 1 aliphatic heterocycles. The second kappa shape index (κ2) is 4.69. The van der Waals surface area contributed by atoms with Gasteiger partial charge < -0.3 is 10.5 Å². The van der Waals surface area contributed by atoms with Gasteiger partial charge in [0.15, 0.2) is 0 Å². The van der Waals surface area contributed by atoms with Crippen LogP contribution in [0.1, 0.15) is 62.3 Å². The number of benzene rings is 1. The zero-order valence-corrected chi connectivity index (χ0v) is 11.3. The third kappa shape index (κ3) is 2.06. The van der Waals surface area contributed by atoms with Crippen LogP contribution in [0, 0.1) is 6.92 Å². The Balaban J connectivity index is 2.45. The molecule has 2 atom stereocenters. The molecule has 0 amide bonds. The van der Waals surface area contributed by atoms with Crippen LogP contribution in [0.5, 0.6) is 5.75 Å². The molecule has 2 nitrogen and oxygen atoms in total. The van der Waals surface area contributed by atoms with Gasteiger partial charge in [-0.3, -0.25) is 0 Å². The lowest BCUT2D eigenvalue weighted by Gasteiger charge is -2.16. The number of hydrogen-bond donors (Lipinski definition) is 1. The predicted octanol–water partition coefficient (Wildman–Crippen LogP) is 3.68. The van der Waals surface area contributed by atoms with Crippen molar-refractivity contribution in [3.05, 3.63) is 28.8 Å². The lowest BCUT2D eigenvalue weighted by Crippen LogP contribution is -2.25. The van der Waals surface area contributed by atoms with Crippen LogP contribution in [-0.2, 0) is 0 Å². The molecule has 2 N–H and O–H groups in total. The first-order valence-electron chi connectivity index (χ1n) is 6.61. The van der Waals surface area contributed by atoms with Crippen molar-refractivity contribution in [3.63, 3.8) is 0 Å². The summed E-state index contributed by atoms with van der Waals surface area (Å²) in [4.78, 5) is 0. The fourth-order valence-electron chi connectivity index (χ4n) is 2.66. The zero-order chi connectivity index (χ0) is 12.6. The summed E-state index contributed by atoms with van der Waals surface area (Å²) in [5.74, 6) is 1.54. The van der Waals surface area contributed by atoms with Gasteiger partial charge in [-0.2, -0.15) is 0 Å². The van der Waals surface area contributed by atoms with E-state index >= 15 is 0 Å². The van der Waals surface area contributed by atoms with E-state index in [9.17, 15) is 0 Å². The van der Waals surface area contributed by atoms with E-state index in [4.69, 9.17) is 10.5 Å². The van der Waals surface area contributed by atoms with E-state index in [1.54, 1.807) is 0 Å². The van der Waals surface area contributed by atoms with Crippen LogP contribution in [0.2, 0.25) is 0 Å². The van der Waals surface area contributed by atoms with Crippen LogP contribution in [0.15, 0.2) is 12.1 Å². The van der Waals surface area contributed by atoms with Gasteiger partial charge in [-0.1, -0.05) is 39.3 Å². The Bertz CT molecular complexity index is 412. The first-order chi connectivity index (χ1) is 8.06. The fraction of sp³-hybridized carbons (Fsp3) is 0.600. The summed E-state index contributed by atoms with van der Waals surface area (Å²) in [6.45, 7) is 8.70. The Hall–Kier alpha value is -1.02. The van der Waals surface area contributed by atoms with Gasteiger partial charge in [0, 0.05) is 5.56 Å². The molecule has 0 bridgehead atoms. The fourth-order valence-corrected chi connectivity index (χ4v) is 2.66. The number of hydrogen-bond acceptors (Lipinski definition) is 2. The quantitative estimate of drug-likeness (QED) is 0.864. The van der Waals surface area contributed by atoms with E-state index in [0.29, 0.717) is 5.92 Å². The van der Waals surface area contributed by atoms with Crippen LogP contribution < -0.4 is 10.5 Å². The predicted molar refractivity (Wildman–Crippen MR) is 71.5 cm³/mol.